The number of nitrogens with one attached hydrogen (secondary N) is 3. The van der Waals surface area contributed by atoms with E-state index >= 15 is 0 Å². The lowest BCUT2D eigenvalue weighted by Crippen LogP contribution is -2.57. The first-order valence-electron chi connectivity index (χ1n) is 11.6. The fourth-order valence-electron chi connectivity index (χ4n) is 3.40. The SMILES string of the molecule is C[C@@H]1O[C@@H](OCCNC(=O)CN(CC(N)=O)CC(=O)NNC(=O)CN(CC(N)=O)CC(N)=O)[C@@H](O)[C@@H](O)[C@@H]1O. The number of nitrogens with zero attached hydrogens (tertiary/aromatic N) is 2. The second-order valence-electron chi connectivity index (χ2n) is 8.69. The van der Waals surface area contributed by atoms with Crippen LogP contribution in [0.1, 0.15) is 6.92 Å². The van der Waals surface area contributed by atoms with Crippen molar-refractivity contribution in [3.8, 4) is 0 Å². The Morgan fingerprint density at radius 2 is 1.15 bits per heavy atom. The molecule has 1 aliphatic rings. The number of aliphatic hydroxyl groups is 3. The first-order chi connectivity index (χ1) is 18.2. The first-order valence-corrected chi connectivity index (χ1v) is 11.6. The Morgan fingerprint density at radius 3 is 1.62 bits per heavy atom. The number of nitrogens with two attached hydrogens (primary N) is 3. The van der Waals surface area contributed by atoms with Gasteiger partial charge in [-0.1, -0.05) is 0 Å². The van der Waals surface area contributed by atoms with E-state index < -0.39 is 105 Å². The van der Waals surface area contributed by atoms with Gasteiger partial charge in [0.25, 0.3) is 11.8 Å². The average molecular weight is 565 g/mol. The quantitative estimate of drug-likeness (QED) is 0.0622. The molecule has 1 heterocycles. The predicted octanol–water partition coefficient (Wildman–Crippen LogP) is -7.85. The number of rotatable bonds is 16. The van der Waals surface area contributed by atoms with Crippen molar-refractivity contribution in [2.24, 2.45) is 17.2 Å². The lowest BCUT2D eigenvalue weighted by atomic mass is 10.0. The molecule has 0 aromatic heterocycles. The molecule has 0 spiro atoms. The van der Waals surface area contributed by atoms with Gasteiger partial charge in [-0.3, -0.25) is 49.4 Å². The maximum atomic E-state index is 12.2. The van der Waals surface area contributed by atoms with Crippen LogP contribution in [0.3, 0.4) is 0 Å². The van der Waals surface area contributed by atoms with E-state index in [0.717, 1.165) is 9.80 Å². The molecule has 1 aliphatic heterocycles. The summed E-state index contributed by atoms with van der Waals surface area (Å²) >= 11 is 0. The molecular formula is C20H36N8O11. The summed E-state index contributed by atoms with van der Waals surface area (Å²) in [4.78, 5) is 72.0. The van der Waals surface area contributed by atoms with E-state index in [1.807, 2.05) is 5.43 Å². The van der Waals surface area contributed by atoms with E-state index in [1.165, 1.54) is 6.92 Å². The van der Waals surface area contributed by atoms with Crippen LogP contribution in [0.2, 0.25) is 0 Å². The number of carbonyl (C=O) groups excluding carboxylic acids is 6. The number of aliphatic hydroxyl groups excluding tert-OH is 3. The molecule has 5 atom stereocenters. The molecule has 222 valence electrons. The van der Waals surface area contributed by atoms with E-state index in [-0.39, 0.29) is 13.2 Å². The fraction of sp³-hybridized carbons (Fsp3) is 0.700. The van der Waals surface area contributed by atoms with Gasteiger partial charge in [0.2, 0.25) is 23.6 Å². The largest absolute Gasteiger partial charge is 0.388 e. The summed E-state index contributed by atoms with van der Waals surface area (Å²) in [6.45, 7) is -1.55. The summed E-state index contributed by atoms with van der Waals surface area (Å²) in [5.41, 5.74) is 19.3. The number of ether oxygens (including phenoxy) is 2. The molecule has 12 N–H and O–H groups in total. The Kier molecular flexibility index (Phi) is 14.2. The van der Waals surface area contributed by atoms with E-state index in [0.29, 0.717) is 0 Å². The van der Waals surface area contributed by atoms with Gasteiger partial charge in [0.05, 0.1) is 52.0 Å². The van der Waals surface area contributed by atoms with Crippen molar-refractivity contribution in [2.45, 2.75) is 37.6 Å². The predicted molar refractivity (Wildman–Crippen MR) is 128 cm³/mol. The summed E-state index contributed by atoms with van der Waals surface area (Å²) in [6.07, 6.45) is -6.31. The van der Waals surface area contributed by atoms with Gasteiger partial charge < -0.3 is 47.3 Å². The van der Waals surface area contributed by atoms with Gasteiger partial charge in [-0.2, -0.15) is 0 Å². The van der Waals surface area contributed by atoms with Crippen LogP contribution in [0.4, 0.5) is 0 Å². The van der Waals surface area contributed by atoms with Crippen molar-refractivity contribution in [3.63, 3.8) is 0 Å². The van der Waals surface area contributed by atoms with Crippen LogP contribution in [-0.4, -0.2) is 144 Å². The Balaban J connectivity index is 2.47. The monoisotopic (exact) mass is 564 g/mol. The Morgan fingerprint density at radius 1 is 0.718 bits per heavy atom. The molecule has 19 nitrogen and oxygen atoms in total. The van der Waals surface area contributed by atoms with E-state index in [2.05, 4.69) is 10.7 Å². The lowest BCUT2D eigenvalue weighted by molar-refractivity contribution is -0.292. The van der Waals surface area contributed by atoms with Crippen molar-refractivity contribution in [3.05, 3.63) is 0 Å². The van der Waals surface area contributed by atoms with Crippen LogP contribution < -0.4 is 33.4 Å². The fourth-order valence-corrected chi connectivity index (χ4v) is 3.40. The molecule has 1 saturated heterocycles. The molecule has 0 bridgehead atoms. The van der Waals surface area contributed by atoms with Crippen LogP contribution in [0.25, 0.3) is 0 Å². The number of carbonyl (C=O) groups is 6. The van der Waals surface area contributed by atoms with Crippen molar-refractivity contribution >= 4 is 35.4 Å². The second kappa shape index (κ2) is 16.5. The third-order valence-electron chi connectivity index (χ3n) is 5.10. The topological polar surface area (TPSA) is 302 Å². The number of amides is 6. The number of hydrogen-bond acceptors (Lipinski definition) is 13. The molecule has 6 amide bonds. The smallest absolute Gasteiger partial charge is 0.252 e. The van der Waals surface area contributed by atoms with Gasteiger partial charge in [-0.25, -0.2) is 0 Å². The molecule has 1 fully saturated rings. The molecular weight excluding hydrogens is 528 g/mol. The van der Waals surface area contributed by atoms with Crippen molar-refractivity contribution in [2.75, 3.05) is 52.4 Å². The maximum absolute atomic E-state index is 12.2. The minimum Gasteiger partial charge on any atom is -0.388 e. The van der Waals surface area contributed by atoms with Gasteiger partial charge >= 0.3 is 0 Å². The van der Waals surface area contributed by atoms with Crippen LogP contribution in [-0.2, 0) is 38.2 Å². The van der Waals surface area contributed by atoms with Gasteiger partial charge in [0.1, 0.15) is 18.3 Å². The van der Waals surface area contributed by atoms with Gasteiger partial charge in [0.15, 0.2) is 6.29 Å². The highest BCUT2D eigenvalue weighted by Crippen LogP contribution is 2.21. The zero-order chi connectivity index (χ0) is 29.7. The third-order valence-corrected chi connectivity index (χ3v) is 5.10. The van der Waals surface area contributed by atoms with Crippen molar-refractivity contribution in [1.29, 1.82) is 0 Å². The molecule has 1 rings (SSSR count). The lowest BCUT2D eigenvalue weighted by Gasteiger charge is -2.38. The van der Waals surface area contributed by atoms with Gasteiger partial charge in [0, 0.05) is 6.54 Å². The number of hydrazine groups is 1. The number of primary amides is 3. The summed E-state index contributed by atoms with van der Waals surface area (Å²) in [6, 6.07) is 0. The Bertz CT molecular complexity index is 876. The van der Waals surface area contributed by atoms with Crippen LogP contribution in [0, 0.1) is 0 Å². The molecule has 19 heteroatoms. The van der Waals surface area contributed by atoms with Gasteiger partial charge in [-0.05, 0) is 6.92 Å². The molecule has 0 aliphatic carbocycles. The summed E-state index contributed by atoms with van der Waals surface area (Å²) < 4.78 is 10.6. The second-order valence-corrected chi connectivity index (χ2v) is 8.69. The van der Waals surface area contributed by atoms with Crippen LogP contribution in [0.15, 0.2) is 0 Å². The summed E-state index contributed by atoms with van der Waals surface area (Å²) in [7, 11) is 0. The molecule has 0 aromatic carbocycles. The van der Waals surface area contributed by atoms with Crippen molar-refractivity contribution < 1.29 is 53.6 Å². The minimum absolute atomic E-state index is 0.0712. The highest BCUT2D eigenvalue weighted by Gasteiger charge is 2.42. The van der Waals surface area contributed by atoms with E-state index in [4.69, 9.17) is 26.7 Å². The van der Waals surface area contributed by atoms with Crippen LogP contribution in [0.5, 0.6) is 0 Å². The molecule has 0 radical (unpaired) electrons. The zero-order valence-corrected chi connectivity index (χ0v) is 21.3. The Hall–Kier alpha value is -3.46. The summed E-state index contributed by atoms with van der Waals surface area (Å²) in [5, 5.41) is 31.8. The molecule has 0 aromatic rings. The maximum Gasteiger partial charge on any atom is 0.252 e. The molecule has 0 saturated carbocycles. The molecule has 39 heavy (non-hydrogen) atoms. The van der Waals surface area contributed by atoms with Gasteiger partial charge in [-0.15, -0.1) is 0 Å². The average Bonchev–Trinajstić information content (AvgIpc) is 2.80. The number of hydrogen-bond donors (Lipinski definition) is 9. The highest BCUT2D eigenvalue weighted by molar-refractivity contribution is 5.86. The Labute approximate surface area is 222 Å². The minimum atomic E-state index is -1.51. The first kappa shape index (κ1) is 33.6. The standard InChI is InChI=1S/C20H36N8O11/c1-10-17(35)18(36)19(37)20(39-10)38-3-2-24-14(32)7-28(6-13(23)31)9-16(34)26-25-15(33)8-27(4-11(21)29)5-12(22)30/h10,17-20,35-37H,2-9H2,1H3,(H2,21,29)(H2,22,30)(H2,23,31)(H,24,32)(H,25,33)(H,26,34)/t10-,17+,18-,19-,20+/m0/s1. The zero-order valence-electron chi connectivity index (χ0n) is 21.3. The van der Waals surface area contributed by atoms with Crippen molar-refractivity contribution in [1.82, 2.24) is 26.0 Å². The summed E-state index contributed by atoms with van der Waals surface area (Å²) in [5.74, 6) is -4.72. The van der Waals surface area contributed by atoms with Crippen LogP contribution >= 0.6 is 0 Å². The normalized spacial score (nSPS) is 22.8. The third kappa shape index (κ3) is 13.2. The van der Waals surface area contributed by atoms with E-state index in [1.54, 1.807) is 0 Å². The van der Waals surface area contributed by atoms with E-state index in [9.17, 15) is 44.1 Å². The highest BCUT2D eigenvalue weighted by atomic mass is 16.7. The molecule has 0 unspecified atom stereocenters.